The van der Waals surface area contributed by atoms with Crippen LogP contribution in [0.2, 0.25) is 0 Å². The number of nitrogens with zero attached hydrogens (tertiary/aromatic N) is 2. The van der Waals surface area contributed by atoms with Gasteiger partial charge in [0, 0.05) is 50.4 Å². The van der Waals surface area contributed by atoms with E-state index in [2.05, 4.69) is 39.9 Å². The Balaban J connectivity index is 0.00000300. The maximum Gasteiger partial charge on any atom is 0.225 e. The first kappa shape index (κ1) is 23.8. The zero-order valence-electron chi connectivity index (χ0n) is 17.5. The van der Waals surface area contributed by atoms with Gasteiger partial charge in [-0.2, -0.15) is 0 Å². The normalized spacial score (nSPS) is 19.7. The molecule has 3 rings (SSSR count). The van der Waals surface area contributed by atoms with Crippen molar-refractivity contribution >= 4 is 41.5 Å². The van der Waals surface area contributed by atoms with E-state index in [9.17, 15) is 4.79 Å². The molecule has 1 aliphatic heterocycles. The molecule has 3 N–H and O–H groups in total. The van der Waals surface area contributed by atoms with Crippen LogP contribution in [0.4, 0.5) is 5.69 Å². The maximum absolute atomic E-state index is 12.6. The Labute approximate surface area is 192 Å². The predicted molar refractivity (Wildman–Crippen MR) is 131 cm³/mol. The summed E-state index contributed by atoms with van der Waals surface area (Å²) in [6.45, 7) is 6.26. The minimum Gasteiger partial charge on any atom is -0.385 e. The second kappa shape index (κ2) is 12.9. The number of guanidine groups is 1. The zero-order valence-corrected chi connectivity index (χ0v) is 19.9. The molecule has 1 heterocycles. The van der Waals surface area contributed by atoms with Crippen molar-refractivity contribution in [2.45, 2.75) is 51.5 Å². The highest BCUT2D eigenvalue weighted by Crippen LogP contribution is 2.27. The zero-order chi connectivity index (χ0) is 19.6. The Morgan fingerprint density at radius 1 is 1.17 bits per heavy atom. The van der Waals surface area contributed by atoms with Crippen molar-refractivity contribution in [3.05, 3.63) is 30.3 Å². The van der Waals surface area contributed by atoms with Crippen LogP contribution in [0.5, 0.6) is 0 Å². The maximum atomic E-state index is 12.6. The second-order valence-corrected chi connectivity index (χ2v) is 7.80. The topological polar surface area (TPSA) is 68.8 Å². The molecule has 29 heavy (non-hydrogen) atoms. The summed E-state index contributed by atoms with van der Waals surface area (Å²) in [5, 5.41) is 10.3. The third kappa shape index (κ3) is 7.68. The molecule has 2 aliphatic rings. The molecule has 1 aromatic rings. The number of benzene rings is 1. The van der Waals surface area contributed by atoms with Crippen LogP contribution in [0.3, 0.4) is 0 Å². The molecule has 0 radical (unpaired) electrons. The lowest BCUT2D eigenvalue weighted by atomic mass is 10.1. The van der Waals surface area contributed by atoms with Crippen molar-refractivity contribution in [2.75, 3.05) is 38.0 Å². The lowest BCUT2D eigenvalue weighted by molar-refractivity contribution is -0.134. The van der Waals surface area contributed by atoms with Gasteiger partial charge in [-0.1, -0.05) is 31.0 Å². The third-order valence-electron chi connectivity index (χ3n) is 5.60. The highest BCUT2D eigenvalue weighted by atomic mass is 127. The molecule has 1 unspecified atom stereocenters. The van der Waals surface area contributed by atoms with Gasteiger partial charge in [-0.25, -0.2) is 0 Å². The number of para-hydroxylation sites is 1. The Bertz CT molecular complexity index is 633. The molecule has 0 aromatic heterocycles. The van der Waals surface area contributed by atoms with E-state index in [0.717, 1.165) is 70.1 Å². The van der Waals surface area contributed by atoms with E-state index in [4.69, 9.17) is 4.99 Å². The van der Waals surface area contributed by atoms with Gasteiger partial charge in [0.25, 0.3) is 0 Å². The fourth-order valence-electron chi connectivity index (χ4n) is 4.08. The van der Waals surface area contributed by atoms with E-state index < -0.39 is 0 Å². The molecule has 1 saturated carbocycles. The van der Waals surface area contributed by atoms with E-state index in [1.54, 1.807) is 0 Å². The highest BCUT2D eigenvalue weighted by Gasteiger charge is 2.32. The van der Waals surface area contributed by atoms with E-state index in [1.165, 1.54) is 12.8 Å². The Morgan fingerprint density at radius 3 is 2.66 bits per heavy atom. The molecular weight excluding hydrogens is 477 g/mol. The predicted octanol–water partition coefficient (Wildman–Crippen LogP) is 3.45. The van der Waals surface area contributed by atoms with E-state index >= 15 is 0 Å². The Hall–Kier alpha value is -1.51. The van der Waals surface area contributed by atoms with Gasteiger partial charge in [-0.15, -0.1) is 24.0 Å². The van der Waals surface area contributed by atoms with Gasteiger partial charge < -0.3 is 20.9 Å². The average molecular weight is 513 g/mol. The monoisotopic (exact) mass is 513 g/mol. The molecule has 1 saturated heterocycles. The number of anilines is 1. The van der Waals surface area contributed by atoms with Gasteiger partial charge in [0.1, 0.15) is 0 Å². The number of halogens is 1. The minimum absolute atomic E-state index is 0. The van der Waals surface area contributed by atoms with Gasteiger partial charge >= 0.3 is 0 Å². The molecule has 7 heteroatoms. The van der Waals surface area contributed by atoms with Gasteiger partial charge in [0.05, 0.1) is 0 Å². The number of rotatable bonds is 8. The van der Waals surface area contributed by atoms with Crippen LogP contribution in [-0.2, 0) is 4.79 Å². The van der Waals surface area contributed by atoms with Crippen LogP contribution in [0.25, 0.3) is 0 Å². The summed E-state index contributed by atoms with van der Waals surface area (Å²) in [5.74, 6) is 1.51. The molecule has 6 nitrogen and oxygen atoms in total. The largest absolute Gasteiger partial charge is 0.385 e. The van der Waals surface area contributed by atoms with Crippen LogP contribution in [-0.4, -0.2) is 55.5 Å². The Kier molecular flexibility index (Phi) is 10.6. The van der Waals surface area contributed by atoms with Gasteiger partial charge in [-0.05, 0) is 44.7 Å². The van der Waals surface area contributed by atoms with Crippen LogP contribution in [0.1, 0.15) is 45.4 Å². The molecule has 162 valence electrons. The minimum atomic E-state index is 0. The number of carbonyl (C=O) groups excluding carboxylic acids is 1. The van der Waals surface area contributed by atoms with E-state index in [-0.39, 0.29) is 29.9 Å². The molecule has 2 fully saturated rings. The first-order valence-electron chi connectivity index (χ1n) is 10.9. The van der Waals surface area contributed by atoms with Gasteiger partial charge in [0.2, 0.25) is 5.91 Å². The summed E-state index contributed by atoms with van der Waals surface area (Å²) in [7, 11) is 0. The molecule has 1 aromatic carbocycles. The molecule has 1 aliphatic carbocycles. The second-order valence-electron chi connectivity index (χ2n) is 7.80. The quantitative estimate of drug-likeness (QED) is 0.216. The van der Waals surface area contributed by atoms with Gasteiger partial charge in [-0.3, -0.25) is 9.79 Å². The smallest absolute Gasteiger partial charge is 0.225 e. The molecule has 0 bridgehead atoms. The fraction of sp³-hybridized carbons (Fsp3) is 0.636. The number of hydrogen-bond donors (Lipinski definition) is 3. The van der Waals surface area contributed by atoms with Crippen LogP contribution >= 0.6 is 24.0 Å². The Morgan fingerprint density at radius 2 is 1.93 bits per heavy atom. The molecular formula is C22H36IN5O. The molecule has 0 spiro atoms. The number of amides is 1. The summed E-state index contributed by atoms with van der Waals surface area (Å²) < 4.78 is 0. The number of carbonyl (C=O) groups is 1. The van der Waals surface area contributed by atoms with Crippen molar-refractivity contribution in [3.8, 4) is 0 Å². The first-order chi connectivity index (χ1) is 13.8. The SMILES string of the molecule is CCNC(=NCCCNc1ccccc1)NC1CCN(C(=O)C2CCCC2)C1.I. The number of likely N-dealkylation sites (tertiary alicyclic amines) is 1. The average Bonchev–Trinajstić information content (AvgIpc) is 3.40. The van der Waals surface area contributed by atoms with Crippen molar-refractivity contribution in [1.82, 2.24) is 15.5 Å². The summed E-state index contributed by atoms with van der Waals surface area (Å²) in [6, 6.07) is 10.5. The van der Waals surface area contributed by atoms with Crippen molar-refractivity contribution in [3.63, 3.8) is 0 Å². The van der Waals surface area contributed by atoms with Crippen molar-refractivity contribution in [2.24, 2.45) is 10.9 Å². The first-order valence-corrected chi connectivity index (χ1v) is 10.9. The van der Waals surface area contributed by atoms with Gasteiger partial charge in [0.15, 0.2) is 5.96 Å². The summed E-state index contributed by atoms with van der Waals surface area (Å²) in [6.07, 6.45) is 6.55. The summed E-state index contributed by atoms with van der Waals surface area (Å²) >= 11 is 0. The fourth-order valence-corrected chi connectivity index (χ4v) is 4.08. The lowest BCUT2D eigenvalue weighted by Gasteiger charge is -2.21. The van der Waals surface area contributed by atoms with Crippen molar-refractivity contribution in [1.29, 1.82) is 0 Å². The van der Waals surface area contributed by atoms with Crippen molar-refractivity contribution < 1.29 is 4.79 Å². The van der Waals surface area contributed by atoms with Crippen LogP contribution in [0.15, 0.2) is 35.3 Å². The van der Waals surface area contributed by atoms with E-state index in [0.29, 0.717) is 11.9 Å². The number of aliphatic imine (C=N–C) groups is 1. The number of hydrogen-bond acceptors (Lipinski definition) is 3. The lowest BCUT2D eigenvalue weighted by Crippen LogP contribution is -2.45. The standard InChI is InChI=1S/C22H35N5O.HI/c1-2-23-22(25-15-8-14-24-19-11-4-3-5-12-19)26-20-13-16-27(17-20)21(28)18-9-6-7-10-18;/h3-5,11-12,18,20,24H,2,6-10,13-17H2,1H3,(H2,23,25,26);1H. The number of nitrogens with one attached hydrogen (secondary N) is 3. The summed E-state index contributed by atoms with van der Waals surface area (Å²) in [4.78, 5) is 19.4. The van der Waals surface area contributed by atoms with Crippen LogP contribution < -0.4 is 16.0 Å². The highest BCUT2D eigenvalue weighted by molar-refractivity contribution is 14.0. The molecule has 1 amide bonds. The third-order valence-corrected chi connectivity index (χ3v) is 5.60. The molecule has 1 atom stereocenters. The van der Waals surface area contributed by atoms with Crippen LogP contribution in [0, 0.1) is 5.92 Å². The van der Waals surface area contributed by atoms with E-state index in [1.807, 2.05) is 18.2 Å². The summed E-state index contributed by atoms with van der Waals surface area (Å²) in [5.41, 5.74) is 1.15.